The van der Waals surface area contributed by atoms with Gasteiger partial charge in [-0.1, -0.05) is 103 Å². The molecule has 1 aliphatic carbocycles. The summed E-state index contributed by atoms with van der Waals surface area (Å²) in [5.41, 5.74) is 7.50. The molecule has 0 radical (unpaired) electrons. The number of carboxylic acid groups (broad SMARTS) is 1. The lowest BCUT2D eigenvalue weighted by Gasteiger charge is -2.36. The van der Waals surface area contributed by atoms with Gasteiger partial charge in [-0.15, -0.1) is 11.8 Å². The molecule has 1 N–H and O–H groups in total. The summed E-state index contributed by atoms with van der Waals surface area (Å²) in [4.78, 5) is 27.3. The summed E-state index contributed by atoms with van der Waals surface area (Å²) < 4.78 is 16.0. The standard InChI is InChI=1S/C41H39NO6S/c1-42(40(45)48-27-37-35-15-9-7-13-33(35)34-14-8-10-16-36(34)37)38(39(43)44)25-26-49-41(28-11-5-4-6-12-28,29-17-21-31(46-2)22-18-29)30-19-23-32(47-3)24-20-30/h4-24,37-38H,25-27H2,1-3H3,(H,43,44)/t38-/m0/s1. The second-order valence-corrected chi connectivity index (χ2v) is 13.2. The largest absolute Gasteiger partial charge is 0.497 e. The zero-order valence-corrected chi connectivity index (χ0v) is 28.6. The van der Waals surface area contributed by atoms with E-state index < -0.39 is 22.9 Å². The topological polar surface area (TPSA) is 85.3 Å². The third kappa shape index (κ3) is 6.74. The molecule has 5 aromatic carbocycles. The fraction of sp³-hybridized carbons (Fsp3) is 0.220. The highest BCUT2D eigenvalue weighted by molar-refractivity contribution is 8.00. The van der Waals surface area contributed by atoms with Crippen LogP contribution in [-0.2, 0) is 14.3 Å². The number of likely N-dealkylation sites (N-methyl/N-ethyl adjacent to an activating group) is 1. The van der Waals surface area contributed by atoms with Crippen LogP contribution in [0.5, 0.6) is 11.5 Å². The molecule has 5 aromatic rings. The minimum atomic E-state index is -1.09. The molecule has 0 fully saturated rings. The van der Waals surface area contributed by atoms with E-state index in [1.807, 2.05) is 91.0 Å². The lowest BCUT2D eigenvalue weighted by atomic mass is 9.84. The van der Waals surface area contributed by atoms with Crippen molar-refractivity contribution in [2.45, 2.75) is 23.1 Å². The Morgan fingerprint density at radius 1 is 0.714 bits per heavy atom. The number of fused-ring (bicyclic) bond motifs is 3. The predicted molar refractivity (Wildman–Crippen MR) is 194 cm³/mol. The first-order valence-corrected chi connectivity index (χ1v) is 17.1. The van der Waals surface area contributed by atoms with Crippen molar-refractivity contribution in [1.29, 1.82) is 0 Å². The fourth-order valence-electron chi connectivity index (χ4n) is 6.70. The maximum Gasteiger partial charge on any atom is 0.410 e. The van der Waals surface area contributed by atoms with Crippen molar-refractivity contribution in [3.8, 4) is 22.6 Å². The Morgan fingerprint density at radius 2 is 1.18 bits per heavy atom. The molecular weight excluding hydrogens is 635 g/mol. The maximum atomic E-state index is 13.4. The number of carboxylic acids is 1. The third-order valence-electron chi connectivity index (χ3n) is 9.26. The number of benzene rings is 5. The molecule has 0 saturated heterocycles. The van der Waals surface area contributed by atoms with E-state index in [-0.39, 0.29) is 18.9 Å². The van der Waals surface area contributed by atoms with Gasteiger partial charge in [-0.05, 0) is 75.4 Å². The normalized spacial score (nSPS) is 12.8. The number of hydrogen-bond donors (Lipinski definition) is 1. The van der Waals surface area contributed by atoms with E-state index in [0.29, 0.717) is 5.75 Å². The van der Waals surface area contributed by atoms with Crippen molar-refractivity contribution < 1.29 is 28.9 Å². The van der Waals surface area contributed by atoms with E-state index in [9.17, 15) is 14.7 Å². The van der Waals surface area contributed by atoms with Crippen molar-refractivity contribution in [2.75, 3.05) is 33.6 Å². The summed E-state index contributed by atoms with van der Waals surface area (Å²) in [6.07, 6.45) is -0.472. The summed E-state index contributed by atoms with van der Waals surface area (Å²) in [7, 11) is 4.77. The summed E-state index contributed by atoms with van der Waals surface area (Å²) in [6, 6.07) is 41.2. The van der Waals surface area contributed by atoms with Crippen LogP contribution in [0.4, 0.5) is 4.79 Å². The van der Waals surface area contributed by atoms with E-state index in [4.69, 9.17) is 14.2 Å². The van der Waals surface area contributed by atoms with Crippen LogP contribution < -0.4 is 9.47 Å². The van der Waals surface area contributed by atoms with E-state index in [1.165, 1.54) is 11.9 Å². The number of carbonyl (C=O) groups is 2. The molecule has 8 heteroatoms. The first kappa shape index (κ1) is 33.7. The molecule has 250 valence electrons. The van der Waals surface area contributed by atoms with Gasteiger partial charge in [0.1, 0.15) is 24.1 Å². The van der Waals surface area contributed by atoms with Gasteiger partial charge in [0.25, 0.3) is 0 Å². The van der Waals surface area contributed by atoms with Crippen LogP contribution in [0.15, 0.2) is 127 Å². The summed E-state index contributed by atoms with van der Waals surface area (Å²) in [5.74, 6) is 0.687. The summed E-state index contributed by atoms with van der Waals surface area (Å²) in [6.45, 7) is 0.115. The third-order valence-corrected chi connectivity index (χ3v) is 10.8. The number of hydrogen-bond acceptors (Lipinski definition) is 6. The van der Waals surface area contributed by atoms with E-state index in [2.05, 4.69) is 36.4 Å². The van der Waals surface area contributed by atoms with Crippen LogP contribution >= 0.6 is 11.8 Å². The van der Waals surface area contributed by atoms with Crippen LogP contribution in [0.3, 0.4) is 0 Å². The van der Waals surface area contributed by atoms with Gasteiger partial charge in [-0.25, -0.2) is 9.59 Å². The number of nitrogens with zero attached hydrogens (tertiary/aromatic N) is 1. The van der Waals surface area contributed by atoms with Crippen LogP contribution in [0, 0.1) is 0 Å². The molecule has 7 nitrogen and oxygen atoms in total. The zero-order chi connectivity index (χ0) is 34.4. The number of amides is 1. The first-order valence-electron chi connectivity index (χ1n) is 16.2. The molecule has 0 aliphatic heterocycles. The SMILES string of the molecule is COc1ccc(C(SCC[C@@H](C(=O)O)N(C)C(=O)OCC2c3ccccc3-c3ccccc32)(c2ccccc2)c2ccc(OC)cc2)cc1. The lowest BCUT2D eigenvalue weighted by molar-refractivity contribution is -0.142. The average molecular weight is 674 g/mol. The van der Waals surface area contributed by atoms with Crippen molar-refractivity contribution >= 4 is 23.8 Å². The smallest absolute Gasteiger partial charge is 0.410 e. The fourth-order valence-corrected chi connectivity index (χ4v) is 8.26. The van der Waals surface area contributed by atoms with Crippen LogP contribution in [0.25, 0.3) is 11.1 Å². The van der Waals surface area contributed by atoms with Gasteiger partial charge in [0, 0.05) is 13.0 Å². The van der Waals surface area contributed by atoms with E-state index in [1.54, 1.807) is 26.0 Å². The Balaban J connectivity index is 1.23. The Bertz CT molecular complexity index is 1800. The molecule has 0 bridgehead atoms. The number of rotatable bonds is 13. The van der Waals surface area contributed by atoms with Gasteiger partial charge in [0.2, 0.25) is 0 Å². The van der Waals surface area contributed by atoms with Gasteiger partial charge in [-0.2, -0.15) is 0 Å². The summed E-state index contributed by atoms with van der Waals surface area (Å²) >= 11 is 1.62. The quantitative estimate of drug-likeness (QED) is 0.126. The Hall–Kier alpha value is -5.21. The number of aliphatic carboxylic acids is 1. The van der Waals surface area contributed by atoms with Crippen LogP contribution in [-0.4, -0.2) is 61.7 Å². The average Bonchev–Trinajstić information content (AvgIpc) is 3.47. The van der Waals surface area contributed by atoms with E-state index >= 15 is 0 Å². The van der Waals surface area contributed by atoms with E-state index in [0.717, 1.165) is 50.4 Å². The number of methoxy groups -OCH3 is 2. The second-order valence-electron chi connectivity index (χ2n) is 11.9. The molecule has 49 heavy (non-hydrogen) atoms. The van der Waals surface area contributed by atoms with Gasteiger partial charge in [0.05, 0.1) is 19.0 Å². The van der Waals surface area contributed by atoms with Crippen LogP contribution in [0.2, 0.25) is 0 Å². The van der Waals surface area contributed by atoms with Crippen molar-refractivity contribution in [3.63, 3.8) is 0 Å². The van der Waals surface area contributed by atoms with Crippen molar-refractivity contribution in [2.24, 2.45) is 0 Å². The van der Waals surface area contributed by atoms with Crippen LogP contribution in [0.1, 0.15) is 40.2 Å². The van der Waals surface area contributed by atoms with Gasteiger partial charge in [-0.3, -0.25) is 4.90 Å². The number of ether oxygens (including phenoxy) is 3. The monoisotopic (exact) mass is 673 g/mol. The molecule has 0 saturated carbocycles. The molecular formula is C41H39NO6S. The maximum absolute atomic E-state index is 13.4. The molecule has 0 spiro atoms. The van der Waals surface area contributed by atoms with Gasteiger partial charge >= 0.3 is 12.1 Å². The molecule has 1 atom stereocenters. The predicted octanol–water partition coefficient (Wildman–Crippen LogP) is 8.45. The summed E-state index contributed by atoms with van der Waals surface area (Å²) in [5, 5.41) is 10.3. The highest BCUT2D eigenvalue weighted by Gasteiger charge is 2.38. The zero-order valence-electron chi connectivity index (χ0n) is 27.7. The molecule has 0 aromatic heterocycles. The highest BCUT2D eigenvalue weighted by atomic mass is 32.2. The highest BCUT2D eigenvalue weighted by Crippen LogP contribution is 2.49. The van der Waals surface area contributed by atoms with Gasteiger partial charge < -0.3 is 19.3 Å². The number of carbonyl (C=O) groups excluding carboxylic acids is 1. The Kier molecular flexibility index (Phi) is 10.3. The second kappa shape index (κ2) is 14.9. The first-order chi connectivity index (χ1) is 23.9. The molecule has 1 aliphatic rings. The Labute approximate surface area is 291 Å². The molecule has 6 rings (SSSR count). The van der Waals surface area contributed by atoms with Gasteiger partial charge in [0.15, 0.2) is 0 Å². The molecule has 1 amide bonds. The number of thioether (sulfide) groups is 1. The Morgan fingerprint density at radius 3 is 1.67 bits per heavy atom. The minimum Gasteiger partial charge on any atom is -0.497 e. The van der Waals surface area contributed by atoms with Crippen molar-refractivity contribution in [1.82, 2.24) is 4.90 Å². The molecule has 0 unspecified atom stereocenters. The lowest BCUT2D eigenvalue weighted by Crippen LogP contribution is -2.43. The molecule has 0 heterocycles. The minimum absolute atomic E-state index is 0.115. The van der Waals surface area contributed by atoms with Crippen molar-refractivity contribution in [3.05, 3.63) is 155 Å².